The average molecular weight is 276 g/mol. The molecule has 1 rings (SSSR count). The molecule has 0 aromatic rings. The van der Waals surface area contributed by atoms with Crippen LogP contribution in [0.2, 0.25) is 0 Å². The quantitative estimate of drug-likeness (QED) is 0.611. The Bertz CT molecular complexity index is 354. The lowest BCUT2D eigenvalue weighted by Gasteiger charge is -2.16. The van der Waals surface area contributed by atoms with E-state index in [1.807, 2.05) is 0 Å². The molecule has 0 aromatic heterocycles. The van der Waals surface area contributed by atoms with Crippen molar-refractivity contribution < 1.29 is 26.1 Å². The molecule has 1 aliphatic heterocycles. The van der Waals surface area contributed by atoms with Gasteiger partial charge in [0.15, 0.2) is 0 Å². The molecule has 0 fully saturated rings. The van der Waals surface area contributed by atoms with Crippen LogP contribution in [0.25, 0.3) is 0 Å². The first-order chi connectivity index (χ1) is 7.58. The predicted molar refractivity (Wildman–Crippen MR) is 56.4 cm³/mol. The highest BCUT2D eigenvalue weighted by molar-refractivity contribution is 7.86. The summed E-state index contributed by atoms with van der Waals surface area (Å²) in [5.74, 6) is 0. The number of hydrogen-bond donors (Lipinski definition) is 1. The summed E-state index contributed by atoms with van der Waals surface area (Å²) >= 11 is 0. The fourth-order valence-electron chi connectivity index (χ4n) is 1.02. The van der Waals surface area contributed by atoms with Crippen molar-refractivity contribution in [2.24, 2.45) is 0 Å². The summed E-state index contributed by atoms with van der Waals surface area (Å²) in [7, 11) is -3.75. The fourth-order valence-corrected chi connectivity index (χ4v) is 1.02. The second kappa shape index (κ2) is 6.10. The van der Waals surface area contributed by atoms with E-state index in [1.54, 1.807) is 0 Å². The van der Waals surface area contributed by atoms with E-state index < -0.39 is 15.6 Å². The maximum atomic E-state index is 10.7. The zero-order chi connectivity index (χ0) is 13.7. The summed E-state index contributed by atoms with van der Waals surface area (Å²) in [5, 5.41) is 0. The van der Waals surface area contributed by atoms with Gasteiger partial charge < -0.3 is 9.80 Å². The van der Waals surface area contributed by atoms with Gasteiger partial charge in [0, 0.05) is 26.0 Å². The van der Waals surface area contributed by atoms with Crippen molar-refractivity contribution in [3.63, 3.8) is 0 Å². The van der Waals surface area contributed by atoms with E-state index >= 15 is 0 Å². The second-order valence-electron chi connectivity index (χ2n) is 3.43. The molecule has 0 spiro atoms. The first-order valence-corrected chi connectivity index (χ1v) is 6.18. The highest BCUT2D eigenvalue weighted by Gasteiger charge is 2.44. The molecule has 17 heavy (non-hydrogen) atoms. The highest BCUT2D eigenvalue weighted by atomic mass is 32.2. The van der Waals surface area contributed by atoms with Gasteiger partial charge in [0.05, 0.1) is 6.67 Å². The standard InChI is InChI=1S/C7H14N2.CHF3O3S/c1-3-4-9-6-5-8(2)7-9;2-1(3,4)8(5,6)7/h5-6H,3-4,7H2,1-2H3;(H,5,6,7). The molecule has 0 unspecified atom stereocenters. The van der Waals surface area contributed by atoms with Gasteiger partial charge in [0.25, 0.3) is 0 Å². The molecular formula is C8H15F3N2O3S. The molecule has 0 saturated heterocycles. The van der Waals surface area contributed by atoms with Gasteiger partial charge in [0.2, 0.25) is 0 Å². The van der Waals surface area contributed by atoms with Crippen molar-refractivity contribution in [3.8, 4) is 0 Å². The van der Waals surface area contributed by atoms with Gasteiger partial charge in [-0.2, -0.15) is 21.6 Å². The Morgan fingerprint density at radius 1 is 1.35 bits per heavy atom. The molecule has 0 aliphatic carbocycles. The minimum absolute atomic E-state index is 1.06. The van der Waals surface area contributed by atoms with E-state index in [2.05, 4.69) is 36.2 Å². The van der Waals surface area contributed by atoms with Crippen LogP contribution in [0.3, 0.4) is 0 Å². The van der Waals surface area contributed by atoms with Gasteiger partial charge in [-0.05, 0) is 6.42 Å². The Balaban J connectivity index is 0.000000304. The molecule has 1 N–H and O–H groups in total. The van der Waals surface area contributed by atoms with E-state index in [0.29, 0.717) is 0 Å². The lowest BCUT2D eigenvalue weighted by Crippen LogP contribution is -2.22. The molecule has 102 valence electrons. The van der Waals surface area contributed by atoms with Crippen LogP contribution in [0.4, 0.5) is 13.2 Å². The maximum Gasteiger partial charge on any atom is 0.522 e. The second-order valence-corrected chi connectivity index (χ2v) is 4.84. The van der Waals surface area contributed by atoms with Crippen LogP contribution in [-0.4, -0.2) is 48.5 Å². The number of hydrogen-bond acceptors (Lipinski definition) is 4. The van der Waals surface area contributed by atoms with Crippen molar-refractivity contribution in [1.29, 1.82) is 0 Å². The van der Waals surface area contributed by atoms with Gasteiger partial charge in [-0.25, -0.2) is 0 Å². The monoisotopic (exact) mass is 276 g/mol. The van der Waals surface area contributed by atoms with Crippen molar-refractivity contribution in [1.82, 2.24) is 9.80 Å². The molecule has 0 atom stereocenters. The lowest BCUT2D eigenvalue weighted by molar-refractivity contribution is -0.0510. The van der Waals surface area contributed by atoms with E-state index in [0.717, 1.165) is 6.67 Å². The summed E-state index contributed by atoms with van der Waals surface area (Å²) in [6, 6.07) is 0. The van der Waals surface area contributed by atoms with Gasteiger partial charge in [-0.1, -0.05) is 6.92 Å². The summed E-state index contributed by atoms with van der Waals surface area (Å²) < 4.78 is 57.5. The van der Waals surface area contributed by atoms with Crippen molar-refractivity contribution in [2.75, 3.05) is 20.3 Å². The van der Waals surface area contributed by atoms with Crippen LogP contribution in [0, 0.1) is 0 Å². The van der Waals surface area contributed by atoms with E-state index in [1.165, 1.54) is 13.0 Å². The van der Waals surface area contributed by atoms with E-state index in [9.17, 15) is 13.2 Å². The topological polar surface area (TPSA) is 60.9 Å². The normalized spacial score (nSPS) is 15.9. The van der Waals surface area contributed by atoms with Gasteiger partial charge in [-0.3, -0.25) is 4.55 Å². The van der Waals surface area contributed by atoms with Crippen molar-refractivity contribution in [3.05, 3.63) is 12.4 Å². The molecule has 0 radical (unpaired) electrons. The van der Waals surface area contributed by atoms with Crippen LogP contribution in [0.5, 0.6) is 0 Å². The number of alkyl halides is 3. The summed E-state index contributed by atoms with van der Waals surface area (Å²) in [6.07, 6.45) is 5.48. The van der Waals surface area contributed by atoms with Gasteiger partial charge >= 0.3 is 15.6 Å². The number of rotatable bonds is 2. The molecule has 1 aliphatic rings. The Kier molecular flexibility index (Phi) is 5.76. The minimum atomic E-state index is -5.84. The highest BCUT2D eigenvalue weighted by Crippen LogP contribution is 2.20. The lowest BCUT2D eigenvalue weighted by atomic mass is 10.4. The Morgan fingerprint density at radius 2 is 1.82 bits per heavy atom. The van der Waals surface area contributed by atoms with E-state index in [-0.39, 0.29) is 0 Å². The SMILES string of the molecule is CCCN1C=CN(C)C1.O=S(=O)(O)C(F)(F)F. The molecule has 0 saturated carbocycles. The smallest absolute Gasteiger partial charge is 0.362 e. The van der Waals surface area contributed by atoms with Gasteiger partial charge in [-0.15, -0.1) is 0 Å². The largest absolute Gasteiger partial charge is 0.522 e. The summed E-state index contributed by atoms with van der Waals surface area (Å²) in [6.45, 7) is 4.45. The molecule has 0 amide bonds. The van der Waals surface area contributed by atoms with Gasteiger partial charge in [0.1, 0.15) is 0 Å². The van der Waals surface area contributed by atoms with Crippen LogP contribution >= 0.6 is 0 Å². The summed E-state index contributed by atoms with van der Waals surface area (Å²) in [5.41, 5.74) is -5.53. The third-order valence-electron chi connectivity index (χ3n) is 1.74. The fraction of sp³-hybridized carbons (Fsp3) is 0.750. The predicted octanol–water partition coefficient (Wildman–Crippen LogP) is 1.47. The zero-order valence-corrected chi connectivity index (χ0v) is 10.3. The van der Waals surface area contributed by atoms with Crippen molar-refractivity contribution >= 4 is 10.1 Å². The first kappa shape index (κ1) is 16.0. The molecule has 1 heterocycles. The third-order valence-corrected chi connectivity index (χ3v) is 2.32. The van der Waals surface area contributed by atoms with Crippen LogP contribution < -0.4 is 0 Å². The third kappa shape index (κ3) is 6.37. The zero-order valence-electron chi connectivity index (χ0n) is 9.48. The van der Waals surface area contributed by atoms with Crippen LogP contribution in [0.1, 0.15) is 13.3 Å². The van der Waals surface area contributed by atoms with Crippen LogP contribution in [0.15, 0.2) is 12.4 Å². The molecule has 0 bridgehead atoms. The van der Waals surface area contributed by atoms with Crippen LogP contribution in [-0.2, 0) is 10.1 Å². The van der Waals surface area contributed by atoms with Crippen molar-refractivity contribution in [2.45, 2.75) is 18.9 Å². The minimum Gasteiger partial charge on any atom is -0.362 e. The molecular weight excluding hydrogens is 261 g/mol. The first-order valence-electron chi connectivity index (χ1n) is 4.74. The van der Waals surface area contributed by atoms with E-state index in [4.69, 9.17) is 13.0 Å². The number of nitrogens with zero attached hydrogens (tertiary/aromatic N) is 2. The number of halogens is 3. The average Bonchev–Trinajstić information content (AvgIpc) is 2.49. The maximum absolute atomic E-state index is 10.7. The molecule has 0 aromatic carbocycles. The summed E-state index contributed by atoms with van der Waals surface area (Å²) in [4.78, 5) is 4.48. The Morgan fingerprint density at radius 3 is 2.06 bits per heavy atom. The Labute approximate surface area is 98.2 Å². The molecule has 9 heteroatoms. The Hall–Kier alpha value is -0.960. The molecule has 5 nitrogen and oxygen atoms in total.